The van der Waals surface area contributed by atoms with Gasteiger partial charge in [-0.3, -0.25) is 4.98 Å². The van der Waals surface area contributed by atoms with E-state index in [9.17, 15) is 4.79 Å². The Morgan fingerprint density at radius 1 is 1.28 bits per heavy atom. The van der Waals surface area contributed by atoms with Gasteiger partial charge in [0.2, 0.25) is 0 Å². The minimum Gasteiger partial charge on any atom is -0.478 e. The summed E-state index contributed by atoms with van der Waals surface area (Å²) in [4.78, 5) is 18.7. The van der Waals surface area contributed by atoms with E-state index in [4.69, 9.17) is 5.11 Å². The van der Waals surface area contributed by atoms with Crippen LogP contribution in [0.4, 0.5) is 5.82 Å². The standard InChI is InChI=1S/C13H13N3O2/c1-9(10-4-6-14-7-5-10)16-12-3-2-11(8-15-12)13(17)18/h2-9H,1H3,(H,15,16)(H,17,18)/t9-/m1/s1. The van der Waals surface area contributed by atoms with Crippen LogP contribution < -0.4 is 5.32 Å². The van der Waals surface area contributed by atoms with Gasteiger partial charge in [-0.15, -0.1) is 0 Å². The molecule has 0 radical (unpaired) electrons. The molecule has 0 saturated heterocycles. The molecule has 2 aromatic heterocycles. The van der Waals surface area contributed by atoms with Crippen molar-refractivity contribution in [3.8, 4) is 0 Å². The Morgan fingerprint density at radius 3 is 2.56 bits per heavy atom. The van der Waals surface area contributed by atoms with E-state index in [0.717, 1.165) is 5.56 Å². The summed E-state index contributed by atoms with van der Waals surface area (Å²) in [6.07, 6.45) is 4.80. The molecule has 2 N–H and O–H groups in total. The molecule has 0 bridgehead atoms. The number of carboxylic acid groups (broad SMARTS) is 1. The molecule has 2 heterocycles. The zero-order valence-corrected chi connectivity index (χ0v) is 9.87. The fourth-order valence-corrected chi connectivity index (χ4v) is 1.56. The smallest absolute Gasteiger partial charge is 0.337 e. The van der Waals surface area contributed by atoms with Gasteiger partial charge in [0, 0.05) is 18.6 Å². The molecular weight excluding hydrogens is 230 g/mol. The number of nitrogens with zero attached hydrogens (tertiary/aromatic N) is 2. The lowest BCUT2D eigenvalue weighted by Crippen LogP contribution is -2.08. The molecular formula is C13H13N3O2. The number of carbonyl (C=O) groups is 1. The number of pyridine rings is 2. The zero-order valence-electron chi connectivity index (χ0n) is 9.87. The van der Waals surface area contributed by atoms with Crippen molar-refractivity contribution >= 4 is 11.8 Å². The van der Waals surface area contributed by atoms with E-state index in [2.05, 4.69) is 15.3 Å². The minimum atomic E-state index is -0.976. The maximum atomic E-state index is 10.7. The van der Waals surface area contributed by atoms with Gasteiger partial charge in [0.25, 0.3) is 0 Å². The van der Waals surface area contributed by atoms with E-state index in [1.807, 2.05) is 19.1 Å². The number of rotatable bonds is 4. The van der Waals surface area contributed by atoms with Gasteiger partial charge in [-0.25, -0.2) is 9.78 Å². The summed E-state index contributed by atoms with van der Waals surface area (Å²) in [5, 5.41) is 12.0. The van der Waals surface area contributed by atoms with E-state index >= 15 is 0 Å². The van der Waals surface area contributed by atoms with Crippen molar-refractivity contribution in [2.24, 2.45) is 0 Å². The molecule has 5 heteroatoms. The highest BCUT2D eigenvalue weighted by molar-refractivity contribution is 5.87. The lowest BCUT2D eigenvalue weighted by molar-refractivity contribution is 0.0696. The zero-order chi connectivity index (χ0) is 13.0. The molecule has 0 aliphatic carbocycles. The highest BCUT2D eigenvalue weighted by Gasteiger charge is 2.07. The topological polar surface area (TPSA) is 75.1 Å². The van der Waals surface area contributed by atoms with E-state index in [-0.39, 0.29) is 11.6 Å². The molecule has 2 aromatic rings. The second-order valence-electron chi connectivity index (χ2n) is 3.88. The van der Waals surface area contributed by atoms with Gasteiger partial charge in [-0.1, -0.05) is 0 Å². The van der Waals surface area contributed by atoms with E-state index in [1.165, 1.54) is 12.3 Å². The highest BCUT2D eigenvalue weighted by atomic mass is 16.4. The van der Waals surface area contributed by atoms with Crippen molar-refractivity contribution in [3.05, 3.63) is 54.0 Å². The van der Waals surface area contributed by atoms with Crippen molar-refractivity contribution in [3.63, 3.8) is 0 Å². The Balaban J connectivity index is 2.08. The van der Waals surface area contributed by atoms with Crippen molar-refractivity contribution in [1.82, 2.24) is 9.97 Å². The first-order valence-electron chi connectivity index (χ1n) is 5.52. The van der Waals surface area contributed by atoms with Gasteiger partial charge in [0.05, 0.1) is 11.6 Å². The van der Waals surface area contributed by atoms with Crippen molar-refractivity contribution in [1.29, 1.82) is 0 Å². The van der Waals surface area contributed by atoms with Crippen LogP contribution in [-0.4, -0.2) is 21.0 Å². The molecule has 2 rings (SSSR count). The molecule has 1 atom stereocenters. The van der Waals surface area contributed by atoms with Crippen LogP contribution in [0.2, 0.25) is 0 Å². The molecule has 0 saturated carbocycles. The maximum absolute atomic E-state index is 10.7. The first kappa shape index (κ1) is 12.0. The van der Waals surface area contributed by atoms with Crippen molar-refractivity contribution in [2.45, 2.75) is 13.0 Å². The van der Waals surface area contributed by atoms with Crippen LogP contribution in [0.1, 0.15) is 28.9 Å². The summed E-state index contributed by atoms with van der Waals surface area (Å²) in [5.41, 5.74) is 1.27. The SMILES string of the molecule is C[C@@H](Nc1ccc(C(=O)O)cn1)c1ccncc1. The summed E-state index contributed by atoms with van der Waals surface area (Å²) in [6, 6.07) is 7.10. The van der Waals surface area contributed by atoms with Crippen molar-refractivity contribution < 1.29 is 9.90 Å². The quantitative estimate of drug-likeness (QED) is 0.862. The molecule has 92 valence electrons. The number of nitrogens with one attached hydrogen (secondary N) is 1. The third-order valence-electron chi connectivity index (χ3n) is 2.58. The summed E-state index contributed by atoms with van der Waals surface area (Å²) in [7, 11) is 0. The molecule has 0 amide bonds. The monoisotopic (exact) mass is 243 g/mol. The summed E-state index contributed by atoms with van der Waals surface area (Å²) in [5.74, 6) is -0.333. The fraction of sp³-hybridized carbons (Fsp3) is 0.154. The Morgan fingerprint density at radius 2 is 2.00 bits per heavy atom. The third-order valence-corrected chi connectivity index (χ3v) is 2.58. The molecule has 18 heavy (non-hydrogen) atoms. The molecule has 0 unspecified atom stereocenters. The second-order valence-corrected chi connectivity index (χ2v) is 3.88. The highest BCUT2D eigenvalue weighted by Crippen LogP contribution is 2.16. The van der Waals surface area contributed by atoms with E-state index in [1.54, 1.807) is 18.5 Å². The molecule has 0 spiro atoms. The average Bonchev–Trinajstić information content (AvgIpc) is 2.40. The summed E-state index contributed by atoms with van der Waals surface area (Å²) < 4.78 is 0. The third kappa shape index (κ3) is 2.82. The number of anilines is 1. The first-order chi connectivity index (χ1) is 8.66. The van der Waals surface area contributed by atoms with Crippen molar-refractivity contribution in [2.75, 3.05) is 5.32 Å². The predicted molar refractivity (Wildman–Crippen MR) is 67.5 cm³/mol. The summed E-state index contributed by atoms with van der Waals surface area (Å²) in [6.45, 7) is 2.00. The average molecular weight is 243 g/mol. The lowest BCUT2D eigenvalue weighted by atomic mass is 10.1. The second kappa shape index (κ2) is 5.27. The molecule has 0 aromatic carbocycles. The van der Waals surface area contributed by atoms with E-state index < -0.39 is 5.97 Å². The lowest BCUT2D eigenvalue weighted by Gasteiger charge is -2.14. The first-order valence-corrected chi connectivity index (χ1v) is 5.52. The molecule has 5 nitrogen and oxygen atoms in total. The van der Waals surface area contributed by atoms with Crippen LogP contribution in [0.5, 0.6) is 0 Å². The Labute approximate surface area is 105 Å². The van der Waals surface area contributed by atoms with Crippen LogP contribution >= 0.6 is 0 Å². The molecule has 0 aliphatic rings. The van der Waals surface area contributed by atoms with Gasteiger partial charge >= 0.3 is 5.97 Å². The minimum absolute atomic E-state index is 0.0798. The van der Waals surface area contributed by atoms with Crippen LogP contribution in [0, 0.1) is 0 Å². The Bertz CT molecular complexity index is 526. The number of aromatic carboxylic acids is 1. The Kier molecular flexibility index (Phi) is 3.52. The number of carboxylic acids is 1. The molecule has 0 fully saturated rings. The maximum Gasteiger partial charge on any atom is 0.337 e. The number of aromatic nitrogens is 2. The van der Waals surface area contributed by atoms with Gasteiger partial charge in [-0.2, -0.15) is 0 Å². The molecule has 0 aliphatic heterocycles. The van der Waals surface area contributed by atoms with Gasteiger partial charge in [0.15, 0.2) is 0 Å². The largest absolute Gasteiger partial charge is 0.478 e. The van der Waals surface area contributed by atoms with Gasteiger partial charge in [-0.05, 0) is 36.8 Å². The summed E-state index contributed by atoms with van der Waals surface area (Å²) >= 11 is 0. The van der Waals surface area contributed by atoms with Crippen LogP contribution in [0.25, 0.3) is 0 Å². The Hall–Kier alpha value is -2.43. The van der Waals surface area contributed by atoms with Crippen LogP contribution in [0.15, 0.2) is 42.9 Å². The normalized spacial score (nSPS) is 11.8. The number of hydrogen-bond acceptors (Lipinski definition) is 4. The number of hydrogen-bond donors (Lipinski definition) is 2. The van der Waals surface area contributed by atoms with Crippen LogP contribution in [-0.2, 0) is 0 Å². The van der Waals surface area contributed by atoms with E-state index in [0.29, 0.717) is 5.82 Å². The van der Waals surface area contributed by atoms with Gasteiger partial charge in [0.1, 0.15) is 5.82 Å². The van der Waals surface area contributed by atoms with Gasteiger partial charge < -0.3 is 10.4 Å². The predicted octanol–water partition coefficient (Wildman–Crippen LogP) is 2.35. The fourth-order valence-electron chi connectivity index (χ4n) is 1.56. The van der Waals surface area contributed by atoms with Crippen LogP contribution in [0.3, 0.4) is 0 Å².